The summed E-state index contributed by atoms with van der Waals surface area (Å²) in [6, 6.07) is 4.80. The standard InChI is InChI=1S/C12H17N3O3/c1-14-11(16)7-15(2)10-6-8(12(17)18-3)4-5-9(10)13/h4-6H,7,13H2,1-3H3,(H,14,16). The Morgan fingerprint density at radius 2 is 2.11 bits per heavy atom. The summed E-state index contributed by atoms with van der Waals surface area (Å²) in [7, 11) is 4.60. The van der Waals surface area contributed by atoms with Crippen molar-refractivity contribution >= 4 is 23.3 Å². The molecule has 0 aromatic heterocycles. The first-order valence-electron chi connectivity index (χ1n) is 5.39. The highest BCUT2D eigenvalue weighted by Gasteiger charge is 2.13. The van der Waals surface area contributed by atoms with Gasteiger partial charge in [0.05, 0.1) is 30.6 Å². The average molecular weight is 251 g/mol. The van der Waals surface area contributed by atoms with Gasteiger partial charge in [0.1, 0.15) is 0 Å². The highest BCUT2D eigenvalue weighted by atomic mass is 16.5. The van der Waals surface area contributed by atoms with Gasteiger partial charge >= 0.3 is 5.97 Å². The first-order chi connectivity index (χ1) is 8.49. The van der Waals surface area contributed by atoms with Gasteiger partial charge in [-0.15, -0.1) is 0 Å². The van der Waals surface area contributed by atoms with E-state index >= 15 is 0 Å². The normalized spacial score (nSPS) is 9.72. The molecule has 0 radical (unpaired) electrons. The minimum atomic E-state index is -0.440. The number of hydrogen-bond acceptors (Lipinski definition) is 5. The van der Waals surface area contributed by atoms with Crippen LogP contribution in [0.3, 0.4) is 0 Å². The van der Waals surface area contributed by atoms with E-state index in [2.05, 4.69) is 10.1 Å². The van der Waals surface area contributed by atoms with Gasteiger partial charge in [-0.05, 0) is 18.2 Å². The number of nitrogens with two attached hydrogens (primary N) is 1. The van der Waals surface area contributed by atoms with E-state index in [9.17, 15) is 9.59 Å². The molecule has 0 spiro atoms. The van der Waals surface area contributed by atoms with Crippen LogP contribution < -0.4 is 16.0 Å². The molecule has 6 heteroatoms. The molecule has 0 unspecified atom stereocenters. The first-order valence-corrected chi connectivity index (χ1v) is 5.39. The number of rotatable bonds is 4. The molecule has 0 aliphatic rings. The maximum absolute atomic E-state index is 11.4. The number of nitrogen functional groups attached to an aromatic ring is 1. The van der Waals surface area contributed by atoms with Gasteiger partial charge in [-0.2, -0.15) is 0 Å². The number of hydrogen-bond donors (Lipinski definition) is 2. The van der Waals surface area contributed by atoms with E-state index in [4.69, 9.17) is 5.73 Å². The average Bonchev–Trinajstić information content (AvgIpc) is 2.37. The summed E-state index contributed by atoms with van der Waals surface area (Å²) in [6.07, 6.45) is 0. The van der Waals surface area contributed by atoms with Crippen LogP contribution >= 0.6 is 0 Å². The summed E-state index contributed by atoms with van der Waals surface area (Å²) in [5.41, 5.74) is 7.32. The Kier molecular flexibility index (Phi) is 4.53. The third-order valence-corrected chi connectivity index (χ3v) is 2.52. The fraction of sp³-hybridized carbons (Fsp3) is 0.333. The molecule has 3 N–H and O–H groups in total. The summed E-state index contributed by atoms with van der Waals surface area (Å²) in [4.78, 5) is 24.4. The number of ether oxygens (including phenoxy) is 1. The highest BCUT2D eigenvalue weighted by Crippen LogP contribution is 2.23. The molecule has 0 bridgehead atoms. The Hall–Kier alpha value is -2.24. The third kappa shape index (κ3) is 3.13. The van der Waals surface area contributed by atoms with Crippen molar-refractivity contribution in [2.45, 2.75) is 0 Å². The van der Waals surface area contributed by atoms with Crippen molar-refractivity contribution in [1.82, 2.24) is 5.32 Å². The predicted octanol–water partition coefficient (Wildman–Crippen LogP) is 0.238. The molecule has 0 saturated carbocycles. The number of carbonyl (C=O) groups excluding carboxylic acids is 2. The topological polar surface area (TPSA) is 84.7 Å². The van der Waals surface area contributed by atoms with Crippen LogP contribution in [0.25, 0.3) is 0 Å². The number of anilines is 2. The van der Waals surface area contributed by atoms with Crippen molar-refractivity contribution in [2.75, 3.05) is 38.4 Å². The van der Waals surface area contributed by atoms with Gasteiger partial charge in [0, 0.05) is 14.1 Å². The van der Waals surface area contributed by atoms with E-state index in [1.54, 1.807) is 37.2 Å². The highest BCUT2D eigenvalue weighted by molar-refractivity contribution is 5.92. The number of benzene rings is 1. The van der Waals surface area contributed by atoms with Crippen molar-refractivity contribution in [3.05, 3.63) is 23.8 Å². The number of amides is 1. The molecule has 1 aromatic carbocycles. The van der Waals surface area contributed by atoms with Gasteiger partial charge in [0.25, 0.3) is 0 Å². The quantitative estimate of drug-likeness (QED) is 0.591. The third-order valence-electron chi connectivity index (χ3n) is 2.52. The zero-order valence-electron chi connectivity index (χ0n) is 10.7. The lowest BCUT2D eigenvalue weighted by Gasteiger charge is -2.20. The molecule has 6 nitrogen and oxygen atoms in total. The summed E-state index contributed by atoms with van der Waals surface area (Å²) < 4.78 is 4.64. The van der Waals surface area contributed by atoms with Crippen molar-refractivity contribution in [2.24, 2.45) is 0 Å². The maximum atomic E-state index is 11.4. The molecule has 0 atom stereocenters. The fourth-order valence-electron chi connectivity index (χ4n) is 1.50. The minimum Gasteiger partial charge on any atom is -0.465 e. The number of nitrogens with one attached hydrogen (secondary N) is 1. The Labute approximate surface area is 106 Å². The van der Waals surface area contributed by atoms with Gasteiger partial charge in [-0.3, -0.25) is 4.79 Å². The number of methoxy groups -OCH3 is 1. The van der Waals surface area contributed by atoms with Crippen LogP contribution in [-0.2, 0) is 9.53 Å². The Bertz CT molecular complexity index is 460. The van der Waals surface area contributed by atoms with E-state index in [1.165, 1.54) is 7.11 Å². The molecule has 18 heavy (non-hydrogen) atoms. The van der Waals surface area contributed by atoms with E-state index in [0.717, 1.165) is 0 Å². The summed E-state index contributed by atoms with van der Waals surface area (Å²) >= 11 is 0. The van der Waals surface area contributed by atoms with Crippen LogP contribution in [0.5, 0.6) is 0 Å². The van der Waals surface area contributed by atoms with Gasteiger partial charge in [-0.1, -0.05) is 0 Å². The summed E-state index contributed by atoms with van der Waals surface area (Å²) in [6.45, 7) is 0.158. The largest absolute Gasteiger partial charge is 0.465 e. The fourth-order valence-corrected chi connectivity index (χ4v) is 1.50. The SMILES string of the molecule is CNC(=O)CN(C)c1cc(C(=O)OC)ccc1N. The van der Waals surface area contributed by atoms with Gasteiger partial charge in [-0.25, -0.2) is 4.79 Å². The summed E-state index contributed by atoms with van der Waals surface area (Å²) in [5, 5.41) is 2.52. The summed E-state index contributed by atoms with van der Waals surface area (Å²) in [5.74, 6) is -0.579. The van der Waals surface area contributed by atoms with Crippen LogP contribution in [0.1, 0.15) is 10.4 Å². The Morgan fingerprint density at radius 3 is 2.67 bits per heavy atom. The van der Waals surface area contributed by atoms with Crippen LogP contribution in [-0.4, -0.2) is 39.6 Å². The van der Waals surface area contributed by atoms with Crippen LogP contribution in [0, 0.1) is 0 Å². The molecule has 0 aliphatic heterocycles. The Morgan fingerprint density at radius 1 is 1.44 bits per heavy atom. The molecule has 98 valence electrons. The predicted molar refractivity (Wildman–Crippen MR) is 69.5 cm³/mol. The van der Waals surface area contributed by atoms with E-state index in [1.807, 2.05) is 0 Å². The second kappa shape index (κ2) is 5.90. The molecule has 1 aromatic rings. The van der Waals surface area contributed by atoms with Crippen molar-refractivity contribution < 1.29 is 14.3 Å². The van der Waals surface area contributed by atoms with Crippen LogP contribution in [0.15, 0.2) is 18.2 Å². The number of esters is 1. The molecule has 0 saturated heterocycles. The second-order valence-electron chi connectivity index (χ2n) is 3.79. The van der Waals surface area contributed by atoms with Gasteiger partial charge in [0.2, 0.25) is 5.91 Å². The van der Waals surface area contributed by atoms with Crippen molar-refractivity contribution in [3.63, 3.8) is 0 Å². The Balaban J connectivity index is 2.99. The van der Waals surface area contributed by atoms with E-state index < -0.39 is 5.97 Å². The lowest BCUT2D eigenvalue weighted by molar-refractivity contribution is -0.119. The van der Waals surface area contributed by atoms with Gasteiger partial charge < -0.3 is 20.7 Å². The lowest BCUT2D eigenvalue weighted by atomic mass is 10.1. The molecule has 0 aliphatic carbocycles. The monoisotopic (exact) mass is 251 g/mol. The zero-order chi connectivity index (χ0) is 13.7. The van der Waals surface area contributed by atoms with Crippen LogP contribution in [0.2, 0.25) is 0 Å². The molecule has 1 amide bonds. The van der Waals surface area contributed by atoms with Crippen molar-refractivity contribution in [1.29, 1.82) is 0 Å². The molecule has 0 heterocycles. The van der Waals surface area contributed by atoms with Crippen molar-refractivity contribution in [3.8, 4) is 0 Å². The van der Waals surface area contributed by atoms with Gasteiger partial charge in [0.15, 0.2) is 0 Å². The zero-order valence-corrected chi connectivity index (χ0v) is 10.7. The number of carbonyl (C=O) groups is 2. The first kappa shape index (κ1) is 13.8. The van der Waals surface area contributed by atoms with E-state index in [0.29, 0.717) is 16.9 Å². The van der Waals surface area contributed by atoms with E-state index in [-0.39, 0.29) is 12.5 Å². The maximum Gasteiger partial charge on any atom is 0.337 e. The number of likely N-dealkylation sites (N-methyl/N-ethyl adjacent to an activating group) is 2. The molecular weight excluding hydrogens is 234 g/mol. The lowest BCUT2D eigenvalue weighted by Crippen LogP contribution is -2.33. The second-order valence-corrected chi connectivity index (χ2v) is 3.79. The molecular formula is C12H17N3O3. The van der Waals surface area contributed by atoms with Crippen LogP contribution in [0.4, 0.5) is 11.4 Å². The molecule has 1 rings (SSSR count). The molecule has 0 fully saturated rings. The number of nitrogens with zero attached hydrogens (tertiary/aromatic N) is 1. The smallest absolute Gasteiger partial charge is 0.337 e. The minimum absolute atomic E-state index is 0.139.